The summed E-state index contributed by atoms with van der Waals surface area (Å²) in [5.74, 6) is 0.532. The van der Waals surface area contributed by atoms with Gasteiger partial charge in [-0.05, 0) is 72.6 Å². The van der Waals surface area contributed by atoms with Crippen molar-refractivity contribution in [2.75, 3.05) is 10.2 Å². The van der Waals surface area contributed by atoms with Gasteiger partial charge in [-0.25, -0.2) is 0 Å². The van der Waals surface area contributed by atoms with E-state index in [4.69, 9.17) is 23.2 Å². The van der Waals surface area contributed by atoms with Crippen molar-refractivity contribution in [1.82, 2.24) is 0 Å². The maximum absolute atomic E-state index is 13.2. The SMILES string of the molecule is O=C(Nc1ccc(Cl)c(Cl)c1)c1ccc(N2C(=O)[C@@H]3[C@H]4C=C[C@@H]([C@@H]5C[C@H]45)[C@H]3C2=O)cc1. The Morgan fingerprint density at radius 1 is 0.871 bits per heavy atom. The normalized spacial score (nSPS) is 32.1. The van der Waals surface area contributed by atoms with Crippen LogP contribution in [0.3, 0.4) is 0 Å². The van der Waals surface area contributed by atoms with Crippen molar-refractivity contribution in [3.8, 4) is 0 Å². The predicted molar refractivity (Wildman–Crippen MR) is 118 cm³/mol. The lowest BCUT2D eigenvalue weighted by atomic mass is 9.63. The van der Waals surface area contributed by atoms with Gasteiger partial charge in [0.05, 0.1) is 27.6 Å². The van der Waals surface area contributed by atoms with Crippen LogP contribution in [0.25, 0.3) is 0 Å². The Bertz CT molecular complexity index is 1140. The van der Waals surface area contributed by atoms with Crippen LogP contribution in [0.4, 0.5) is 11.4 Å². The van der Waals surface area contributed by atoms with Crippen LogP contribution in [0.5, 0.6) is 0 Å². The molecular formula is C24H18Cl2N2O3. The number of hydrogen-bond donors (Lipinski definition) is 1. The van der Waals surface area contributed by atoms with E-state index < -0.39 is 0 Å². The lowest BCUT2D eigenvalue weighted by molar-refractivity contribution is -0.124. The number of hydrogen-bond acceptors (Lipinski definition) is 3. The van der Waals surface area contributed by atoms with Crippen LogP contribution < -0.4 is 10.2 Å². The van der Waals surface area contributed by atoms with Crippen LogP contribution in [0.1, 0.15) is 16.8 Å². The molecule has 5 nitrogen and oxygen atoms in total. The number of nitrogens with one attached hydrogen (secondary N) is 1. The molecule has 4 aliphatic carbocycles. The van der Waals surface area contributed by atoms with Crippen LogP contribution in [0, 0.1) is 35.5 Å². The van der Waals surface area contributed by atoms with Crippen LogP contribution in [0.2, 0.25) is 10.0 Å². The molecule has 0 radical (unpaired) electrons. The molecular weight excluding hydrogens is 435 g/mol. The highest BCUT2D eigenvalue weighted by molar-refractivity contribution is 6.42. The monoisotopic (exact) mass is 452 g/mol. The van der Waals surface area contributed by atoms with E-state index in [1.54, 1.807) is 42.5 Å². The molecule has 0 spiro atoms. The van der Waals surface area contributed by atoms with Gasteiger partial charge in [0.2, 0.25) is 11.8 Å². The lowest BCUT2D eigenvalue weighted by Crippen LogP contribution is -2.40. The number of rotatable bonds is 3. The van der Waals surface area contributed by atoms with Gasteiger partial charge >= 0.3 is 0 Å². The third kappa shape index (κ3) is 2.80. The fourth-order valence-corrected chi connectivity index (χ4v) is 6.05. The molecule has 2 aromatic carbocycles. The standard InChI is InChI=1S/C24H18Cl2N2O3/c25-18-8-3-12(9-19(18)26)27-22(29)11-1-4-13(5-2-11)28-23(30)20-14-6-7-15(17-10-16(14)17)21(20)24(28)31/h1-9,14-17,20-21H,10H2,(H,27,29)/t14-,15-,16-,17+,20+,21+/m0/s1. The van der Waals surface area contributed by atoms with Gasteiger partial charge in [0, 0.05) is 11.3 Å². The summed E-state index contributed by atoms with van der Waals surface area (Å²) in [6.45, 7) is 0. The molecule has 1 N–H and O–H groups in total. The van der Waals surface area contributed by atoms with Gasteiger partial charge in [-0.1, -0.05) is 35.4 Å². The largest absolute Gasteiger partial charge is 0.322 e. The van der Waals surface area contributed by atoms with Gasteiger partial charge in [-0.15, -0.1) is 0 Å². The van der Waals surface area contributed by atoms with Crippen molar-refractivity contribution in [1.29, 1.82) is 0 Å². The zero-order valence-electron chi connectivity index (χ0n) is 16.3. The molecule has 2 bridgehead atoms. The molecule has 1 aliphatic heterocycles. The Kier molecular flexibility index (Phi) is 4.11. The highest BCUT2D eigenvalue weighted by Gasteiger charge is 2.67. The van der Waals surface area contributed by atoms with Crippen molar-refractivity contribution < 1.29 is 14.4 Å². The van der Waals surface area contributed by atoms with Crippen LogP contribution in [-0.4, -0.2) is 17.7 Å². The number of anilines is 2. The molecule has 3 fully saturated rings. The molecule has 1 saturated heterocycles. The van der Waals surface area contributed by atoms with Crippen molar-refractivity contribution >= 4 is 52.3 Å². The summed E-state index contributed by atoms with van der Waals surface area (Å²) in [4.78, 5) is 40.3. The minimum atomic E-state index is -0.319. The van der Waals surface area contributed by atoms with E-state index in [0.717, 1.165) is 6.42 Å². The first-order valence-electron chi connectivity index (χ1n) is 10.4. The zero-order chi connectivity index (χ0) is 21.4. The average molecular weight is 453 g/mol. The van der Waals surface area contributed by atoms with Gasteiger partial charge in [0.15, 0.2) is 0 Å². The van der Waals surface area contributed by atoms with Crippen LogP contribution in [0.15, 0.2) is 54.6 Å². The van der Waals surface area contributed by atoms with E-state index in [0.29, 0.717) is 38.8 Å². The Morgan fingerprint density at radius 2 is 1.48 bits per heavy atom. The van der Waals surface area contributed by atoms with E-state index in [1.165, 1.54) is 4.90 Å². The third-order valence-electron chi connectivity index (χ3n) is 7.23. The number of carbonyl (C=O) groups is 3. The fourth-order valence-electron chi connectivity index (χ4n) is 5.75. The molecule has 0 unspecified atom stereocenters. The molecule has 7 heteroatoms. The summed E-state index contributed by atoms with van der Waals surface area (Å²) in [6.07, 6.45) is 5.45. The molecule has 0 aromatic heterocycles. The summed E-state index contributed by atoms with van der Waals surface area (Å²) < 4.78 is 0. The fraction of sp³-hybridized carbons (Fsp3) is 0.292. The highest BCUT2D eigenvalue weighted by Crippen LogP contribution is 2.65. The minimum Gasteiger partial charge on any atom is -0.322 e. The summed E-state index contributed by atoms with van der Waals surface area (Å²) in [7, 11) is 0. The first-order chi connectivity index (χ1) is 14.9. The molecule has 3 amide bonds. The minimum absolute atomic E-state index is 0.104. The van der Waals surface area contributed by atoms with Gasteiger partial charge in [0.1, 0.15) is 0 Å². The van der Waals surface area contributed by atoms with Crippen molar-refractivity contribution in [3.05, 3.63) is 70.2 Å². The molecule has 7 rings (SSSR count). The van der Waals surface area contributed by atoms with Crippen LogP contribution >= 0.6 is 23.2 Å². The maximum Gasteiger partial charge on any atom is 0.255 e. The molecule has 31 heavy (non-hydrogen) atoms. The third-order valence-corrected chi connectivity index (χ3v) is 7.97. The summed E-state index contributed by atoms with van der Waals surface area (Å²) in [6, 6.07) is 11.4. The van der Waals surface area contributed by atoms with Crippen molar-refractivity contribution in [3.63, 3.8) is 0 Å². The van der Waals surface area contributed by atoms with E-state index in [-0.39, 0.29) is 41.4 Å². The van der Waals surface area contributed by atoms with Gasteiger partial charge in [0.25, 0.3) is 5.91 Å². The maximum atomic E-state index is 13.2. The van der Waals surface area contributed by atoms with Crippen molar-refractivity contribution in [2.24, 2.45) is 35.5 Å². The molecule has 2 saturated carbocycles. The number of imide groups is 1. The van der Waals surface area contributed by atoms with Crippen LogP contribution in [-0.2, 0) is 9.59 Å². The number of benzene rings is 2. The number of nitrogens with zero attached hydrogens (tertiary/aromatic N) is 1. The number of carbonyl (C=O) groups excluding carboxylic acids is 3. The van der Waals surface area contributed by atoms with Gasteiger partial charge in [-0.3, -0.25) is 19.3 Å². The smallest absolute Gasteiger partial charge is 0.255 e. The van der Waals surface area contributed by atoms with E-state index in [2.05, 4.69) is 17.5 Å². The summed E-state index contributed by atoms with van der Waals surface area (Å²) in [5.41, 5.74) is 1.46. The molecule has 2 aromatic rings. The van der Waals surface area contributed by atoms with Crippen molar-refractivity contribution in [2.45, 2.75) is 6.42 Å². The average Bonchev–Trinajstić information content (AvgIpc) is 3.54. The zero-order valence-corrected chi connectivity index (χ0v) is 17.8. The first-order valence-corrected chi connectivity index (χ1v) is 11.1. The molecule has 5 aliphatic rings. The van der Waals surface area contributed by atoms with E-state index in [1.807, 2.05) is 0 Å². The Balaban J connectivity index is 1.22. The second-order valence-electron chi connectivity index (χ2n) is 8.80. The molecule has 6 atom stereocenters. The Labute approximate surface area is 189 Å². The summed E-state index contributed by atoms with van der Waals surface area (Å²) in [5, 5.41) is 3.52. The Hall–Kier alpha value is -2.63. The number of amides is 3. The first kappa shape index (κ1) is 19.1. The second kappa shape index (κ2) is 6.68. The lowest BCUT2D eigenvalue weighted by Gasteiger charge is -2.37. The topological polar surface area (TPSA) is 66.5 Å². The Morgan fingerprint density at radius 3 is 2.06 bits per heavy atom. The predicted octanol–water partition coefficient (Wildman–Crippen LogP) is 4.80. The van der Waals surface area contributed by atoms with Gasteiger partial charge in [-0.2, -0.15) is 0 Å². The number of halogens is 2. The van der Waals surface area contributed by atoms with Gasteiger partial charge < -0.3 is 5.32 Å². The molecule has 1 heterocycles. The number of allylic oxidation sites excluding steroid dienone is 2. The van der Waals surface area contributed by atoms with E-state index >= 15 is 0 Å². The highest BCUT2D eigenvalue weighted by atomic mass is 35.5. The second-order valence-corrected chi connectivity index (χ2v) is 9.61. The molecule has 156 valence electrons. The van der Waals surface area contributed by atoms with E-state index in [9.17, 15) is 14.4 Å². The summed E-state index contributed by atoms with van der Waals surface area (Å²) >= 11 is 11.9. The quantitative estimate of drug-likeness (QED) is 0.536.